The van der Waals surface area contributed by atoms with E-state index in [9.17, 15) is 0 Å². The van der Waals surface area contributed by atoms with Crippen molar-refractivity contribution < 1.29 is 9.16 Å². The Labute approximate surface area is 64.0 Å². The fourth-order valence-electron chi connectivity index (χ4n) is 0.479. The summed E-state index contributed by atoms with van der Waals surface area (Å²) in [5, 5.41) is 0. The van der Waals surface area contributed by atoms with Gasteiger partial charge in [0.1, 0.15) is 6.61 Å². The van der Waals surface area contributed by atoms with E-state index >= 15 is 0 Å². The molecule has 0 unspecified atom stereocenters. The third-order valence-electron chi connectivity index (χ3n) is 0.854. The van der Waals surface area contributed by atoms with Gasteiger partial charge in [-0.3, -0.25) is 0 Å². The summed E-state index contributed by atoms with van der Waals surface area (Å²) in [6.45, 7) is 11.2. The van der Waals surface area contributed by atoms with Crippen LogP contribution in [0.2, 0.25) is 19.6 Å². The Balaban J connectivity index is 3.12. The van der Waals surface area contributed by atoms with Gasteiger partial charge in [-0.2, -0.15) is 0 Å². The van der Waals surface area contributed by atoms with Crippen LogP contribution in [0.4, 0.5) is 0 Å². The minimum Gasteiger partial charge on any atom is -0.499 e. The molecule has 0 N–H and O–H groups in total. The lowest BCUT2D eigenvalue weighted by molar-refractivity contribution is 0.176. The lowest BCUT2D eigenvalue weighted by Gasteiger charge is -2.16. The van der Waals surface area contributed by atoms with Gasteiger partial charge in [0, 0.05) is 0 Å². The molecule has 0 aromatic heterocycles. The van der Waals surface area contributed by atoms with E-state index in [1.807, 2.05) is 0 Å². The van der Waals surface area contributed by atoms with Crippen LogP contribution in [0.5, 0.6) is 0 Å². The molecule has 0 saturated heterocycles. The molecule has 0 aliphatic heterocycles. The van der Waals surface area contributed by atoms with E-state index in [4.69, 9.17) is 9.16 Å². The van der Waals surface area contributed by atoms with Gasteiger partial charge in [0.05, 0.1) is 12.9 Å². The average molecular weight is 160 g/mol. The van der Waals surface area contributed by atoms with Crippen LogP contribution in [0.25, 0.3) is 0 Å². The summed E-state index contributed by atoms with van der Waals surface area (Å²) in [5.74, 6) is 0. The third-order valence-corrected chi connectivity index (χ3v) is 1.92. The maximum atomic E-state index is 5.50. The first-order chi connectivity index (χ1) is 4.56. The Kier molecular flexibility index (Phi) is 4.39. The monoisotopic (exact) mass is 160 g/mol. The highest BCUT2D eigenvalue weighted by molar-refractivity contribution is 6.69. The minimum absolute atomic E-state index is 0.619. The maximum absolute atomic E-state index is 5.50. The first-order valence-corrected chi connectivity index (χ1v) is 6.83. The molecular formula is C7H16O2Si. The molecule has 0 rings (SSSR count). The smallest absolute Gasteiger partial charge is 0.183 e. The van der Waals surface area contributed by atoms with Crippen molar-refractivity contribution in [3.05, 3.63) is 12.8 Å². The highest BCUT2D eigenvalue weighted by atomic mass is 28.4. The van der Waals surface area contributed by atoms with E-state index in [0.29, 0.717) is 13.2 Å². The second kappa shape index (κ2) is 4.52. The van der Waals surface area contributed by atoms with E-state index in [1.165, 1.54) is 6.26 Å². The summed E-state index contributed by atoms with van der Waals surface area (Å²) in [6.07, 6.45) is 1.44. The largest absolute Gasteiger partial charge is 0.499 e. The van der Waals surface area contributed by atoms with Crippen molar-refractivity contribution in [2.75, 3.05) is 13.2 Å². The molecule has 0 saturated carbocycles. The summed E-state index contributed by atoms with van der Waals surface area (Å²) in [6, 6.07) is 0. The van der Waals surface area contributed by atoms with Gasteiger partial charge in [-0.15, -0.1) is 0 Å². The van der Waals surface area contributed by atoms with E-state index in [-0.39, 0.29) is 0 Å². The van der Waals surface area contributed by atoms with Crippen molar-refractivity contribution in [3.63, 3.8) is 0 Å². The first kappa shape index (κ1) is 9.72. The zero-order valence-electron chi connectivity index (χ0n) is 7.02. The zero-order chi connectivity index (χ0) is 8.04. The van der Waals surface area contributed by atoms with Gasteiger partial charge in [0.2, 0.25) is 0 Å². The Morgan fingerprint density at radius 2 is 1.90 bits per heavy atom. The molecule has 0 aromatic carbocycles. The topological polar surface area (TPSA) is 18.5 Å². The molecule has 0 spiro atoms. The molecule has 0 aromatic rings. The highest BCUT2D eigenvalue weighted by Gasteiger charge is 2.12. The Morgan fingerprint density at radius 3 is 2.30 bits per heavy atom. The molecule has 0 bridgehead atoms. The summed E-state index contributed by atoms with van der Waals surface area (Å²) < 4.78 is 10.4. The van der Waals surface area contributed by atoms with Crippen molar-refractivity contribution in [2.45, 2.75) is 19.6 Å². The number of hydrogen-bond acceptors (Lipinski definition) is 2. The van der Waals surface area contributed by atoms with Gasteiger partial charge in [0.15, 0.2) is 8.32 Å². The van der Waals surface area contributed by atoms with Crippen molar-refractivity contribution in [2.24, 2.45) is 0 Å². The van der Waals surface area contributed by atoms with E-state index in [1.54, 1.807) is 0 Å². The molecule has 0 heterocycles. The van der Waals surface area contributed by atoms with Crippen molar-refractivity contribution in [3.8, 4) is 0 Å². The Morgan fingerprint density at radius 1 is 1.30 bits per heavy atom. The zero-order valence-corrected chi connectivity index (χ0v) is 8.02. The molecule has 0 aliphatic rings. The van der Waals surface area contributed by atoms with Crippen molar-refractivity contribution in [1.82, 2.24) is 0 Å². The second-order valence-electron chi connectivity index (χ2n) is 3.00. The quantitative estimate of drug-likeness (QED) is 0.348. The Hall–Kier alpha value is -0.283. The SMILES string of the molecule is C=COCCO[Si](C)(C)C. The normalized spacial score (nSPS) is 11.1. The van der Waals surface area contributed by atoms with Crippen LogP contribution in [0.1, 0.15) is 0 Å². The van der Waals surface area contributed by atoms with E-state index in [2.05, 4.69) is 26.2 Å². The lowest BCUT2D eigenvalue weighted by atomic mass is 10.8. The summed E-state index contributed by atoms with van der Waals surface area (Å²) >= 11 is 0. The Bertz CT molecular complexity index is 96.3. The number of rotatable bonds is 5. The van der Waals surface area contributed by atoms with Crippen LogP contribution in [0.3, 0.4) is 0 Å². The molecule has 2 nitrogen and oxygen atoms in total. The lowest BCUT2D eigenvalue weighted by Crippen LogP contribution is -2.26. The van der Waals surface area contributed by atoms with Gasteiger partial charge in [-0.05, 0) is 19.6 Å². The maximum Gasteiger partial charge on any atom is 0.183 e. The van der Waals surface area contributed by atoms with Gasteiger partial charge in [-0.1, -0.05) is 6.58 Å². The molecule has 60 valence electrons. The molecule has 0 fully saturated rings. The van der Waals surface area contributed by atoms with Crippen molar-refractivity contribution in [1.29, 1.82) is 0 Å². The molecule has 0 amide bonds. The number of ether oxygens (including phenoxy) is 1. The van der Waals surface area contributed by atoms with Crippen LogP contribution in [-0.2, 0) is 9.16 Å². The third kappa shape index (κ3) is 7.72. The fraction of sp³-hybridized carbons (Fsp3) is 0.714. The fourth-order valence-corrected chi connectivity index (χ4v) is 1.18. The molecule has 0 radical (unpaired) electrons. The molecule has 0 aliphatic carbocycles. The summed E-state index contributed by atoms with van der Waals surface area (Å²) in [5.41, 5.74) is 0. The van der Waals surface area contributed by atoms with Crippen LogP contribution < -0.4 is 0 Å². The number of hydrogen-bond donors (Lipinski definition) is 0. The second-order valence-corrected chi connectivity index (χ2v) is 7.51. The predicted octanol–water partition coefficient (Wildman–Crippen LogP) is 2.00. The molecule has 0 atom stereocenters. The first-order valence-electron chi connectivity index (χ1n) is 3.43. The van der Waals surface area contributed by atoms with Gasteiger partial charge < -0.3 is 9.16 Å². The van der Waals surface area contributed by atoms with Gasteiger partial charge in [0.25, 0.3) is 0 Å². The van der Waals surface area contributed by atoms with Crippen molar-refractivity contribution >= 4 is 8.32 Å². The highest BCUT2D eigenvalue weighted by Crippen LogP contribution is 2.01. The van der Waals surface area contributed by atoms with Crippen LogP contribution in [0, 0.1) is 0 Å². The van der Waals surface area contributed by atoms with Gasteiger partial charge >= 0.3 is 0 Å². The minimum atomic E-state index is -1.32. The molecule has 3 heteroatoms. The van der Waals surface area contributed by atoms with Crippen LogP contribution in [0.15, 0.2) is 12.8 Å². The van der Waals surface area contributed by atoms with Crippen LogP contribution in [-0.4, -0.2) is 21.5 Å². The standard InChI is InChI=1S/C7H16O2Si/c1-5-8-6-7-9-10(2,3)4/h5H,1,6-7H2,2-4H3. The van der Waals surface area contributed by atoms with Gasteiger partial charge in [-0.25, -0.2) is 0 Å². The van der Waals surface area contributed by atoms with Crippen LogP contribution >= 0.6 is 0 Å². The molecular weight excluding hydrogens is 144 g/mol. The summed E-state index contributed by atoms with van der Waals surface area (Å²) in [4.78, 5) is 0. The predicted molar refractivity (Wildman–Crippen MR) is 45.4 cm³/mol. The average Bonchev–Trinajstić information content (AvgIpc) is 1.78. The molecule has 10 heavy (non-hydrogen) atoms. The van der Waals surface area contributed by atoms with E-state index in [0.717, 1.165) is 0 Å². The van der Waals surface area contributed by atoms with E-state index < -0.39 is 8.32 Å². The summed E-state index contributed by atoms with van der Waals surface area (Å²) in [7, 11) is -1.32.